The lowest BCUT2D eigenvalue weighted by Gasteiger charge is -2.11. The van der Waals surface area contributed by atoms with Gasteiger partial charge in [-0.05, 0) is 40.8 Å². The van der Waals surface area contributed by atoms with Crippen molar-refractivity contribution in [3.63, 3.8) is 0 Å². The number of Topliss-reactive ketones (excluding diaryl/α,β-unsaturated/α-hetero) is 1. The Labute approximate surface area is 158 Å². The molecule has 3 aromatic rings. The van der Waals surface area contributed by atoms with Crippen molar-refractivity contribution in [2.24, 2.45) is 5.92 Å². The highest BCUT2D eigenvalue weighted by molar-refractivity contribution is 9.10. The number of aromatic nitrogens is 4. The van der Waals surface area contributed by atoms with Gasteiger partial charge in [0.2, 0.25) is 5.28 Å². The molecular formula is C18H16BrClN4O. The monoisotopic (exact) mass is 418 g/mol. The molecule has 0 radical (unpaired) electrons. The number of hydrogen-bond donors (Lipinski definition) is 0. The van der Waals surface area contributed by atoms with E-state index >= 15 is 0 Å². The SMILES string of the molecule is CC(C)Cn1cc2c(C3C(=O)Cc4ccc(Br)cc43)nc(Cl)nc2n1. The van der Waals surface area contributed by atoms with E-state index in [0.29, 0.717) is 23.7 Å². The number of ketones is 1. The van der Waals surface area contributed by atoms with E-state index in [9.17, 15) is 4.79 Å². The quantitative estimate of drug-likeness (QED) is 0.598. The summed E-state index contributed by atoms with van der Waals surface area (Å²) in [6.45, 7) is 5.02. The Morgan fingerprint density at radius 3 is 2.92 bits per heavy atom. The number of rotatable bonds is 3. The molecule has 128 valence electrons. The summed E-state index contributed by atoms with van der Waals surface area (Å²) in [6, 6.07) is 5.93. The maximum absolute atomic E-state index is 12.7. The first-order valence-electron chi connectivity index (χ1n) is 8.14. The summed E-state index contributed by atoms with van der Waals surface area (Å²) in [5.41, 5.74) is 3.20. The number of carbonyl (C=O) groups excluding carboxylic acids is 1. The van der Waals surface area contributed by atoms with Gasteiger partial charge in [0.05, 0.1) is 17.0 Å². The Hall–Kier alpha value is -1.79. The first-order chi connectivity index (χ1) is 11.9. The molecule has 0 aliphatic heterocycles. The van der Waals surface area contributed by atoms with Crippen molar-refractivity contribution < 1.29 is 4.79 Å². The first-order valence-corrected chi connectivity index (χ1v) is 9.31. The van der Waals surface area contributed by atoms with E-state index in [1.165, 1.54) is 0 Å². The molecule has 2 heterocycles. The Kier molecular flexibility index (Phi) is 4.12. The van der Waals surface area contributed by atoms with Crippen LogP contribution < -0.4 is 0 Å². The van der Waals surface area contributed by atoms with Crippen LogP contribution in [0, 0.1) is 5.92 Å². The second kappa shape index (κ2) is 6.18. The summed E-state index contributed by atoms with van der Waals surface area (Å²) in [5, 5.41) is 5.41. The third kappa shape index (κ3) is 2.98. The van der Waals surface area contributed by atoms with E-state index in [1.54, 1.807) is 0 Å². The highest BCUT2D eigenvalue weighted by Crippen LogP contribution is 2.39. The van der Waals surface area contributed by atoms with E-state index in [2.05, 4.69) is 44.8 Å². The maximum atomic E-state index is 12.7. The molecular weight excluding hydrogens is 404 g/mol. The summed E-state index contributed by atoms with van der Waals surface area (Å²) in [4.78, 5) is 21.4. The molecule has 2 aromatic heterocycles. The van der Waals surface area contributed by atoms with Crippen molar-refractivity contribution >= 4 is 44.3 Å². The Balaban J connectivity index is 1.91. The molecule has 25 heavy (non-hydrogen) atoms. The van der Waals surface area contributed by atoms with Crippen LogP contribution in [0.15, 0.2) is 28.9 Å². The van der Waals surface area contributed by atoms with Gasteiger partial charge in [0.1, 0.15) is 0 Å². The fourth-order valence-corrected chi connectivity index (χ4v) is 3.94. The molecule has 1 aliphatic carbocycles. The van der Waals surface area contributed by atoms with Crippen molar-refractivity contribution in [2.45, 2.75) is 32.7 Å². The van der Waals surface area contributed by atoms with Crippen molar-refractivity contribution in [1.29, 1.82) is 0 Å². The molecule has 0 fully saturated rings. The molecule has 1 unspecified atom stereocenters. The highest BCUT2D eigenvalue weighted by atomic mass is 79.9. The van der Waals surface area contributed by atoms with Crippen molar-refractivity contribution in [2.75, 3.05) is 0 Å². The van der Waals surface area contributed by atoms with Crippen LogP contribution in [0.3, 0.4) is 0 Å². The zero-order valence-corrected chi connectivity index (χ0v) is 16.2. The van der Waals surface area contributed by atoms with Crippen molar-refractivity contribution in [3.05, 3.63) is 51.0 Å². The van der Waals surface area contributed by atoms with Gasteiger partial charge in [-0.2, -0.15) is 10.1 Å². The first kappa shape index (κ1) is 16.7. The predicted octanol–water partition coefficient (Wildman–Crippen LogP) is 4.16. The third-order valence-corrected chi connectivity index (χ3v) is 5.02. The minimum absolute atomic E-state index is 0.119. The molecule has 0 bridgehead atoms. The summed E-state index contributed by atoms with van der Waals surface area (Å²) in [6.07, 6.45) is 2.33. The minimum atomic E-state index is -0.424. The van der Waals surface area contributed by atoms with Gasteiger partial charge < -0.3 is 0 Å². The van der Waals surface area contributed by atoms with Crippen LogP contribution >= 0.6 is 27.5 Å². The Morgan fingerprint density at radius 2 is 2.16 bits per heavy atom. The second-order valence-corrected chi connectivity index (χ2v) is 8.03. The molecule has 1 aliphatic rings. The van der Waals surface area contributed by atoms with E-state index in [0.717, 1.165) is 27.5 Å². The van der Waals surface area contributed by atoms with Crippen molar-refractivity contribution in [3.8, 4) is 0 Å². The number of nitrogens with zero attached hydrogens (tertiary/aromatic N) is 4. The Bertz CT molecular complexity index is 998. The van der Waals surface area contributed by atoms with Gasteiger partial charge >= 0.3 is 0 Å². The van der Waals surface area contributed by atoms with Crippen LogP contribution in [0.1, 0.15) is 36.6 Å². The molecule has 0 spiro atoms. The molecule has 1 aromatic carbocycles. The smallest absolute Gasteiger partial charge is 0.224 e. The number of fused-ring (bicyclic) bond motifs is 2. The summed E-state index contributed by atoms with van der Waals surface area (Å²) in [5.74, 6) is 0.152. The van der Waals surface area contributed by atoms with Crippen LogP contribution in [-0.2, 0) is 17.8 Å². The van der Waals surface area contributed by atoms with Crippen LogP contribution in [0.4, 0.5) is 0 Å². The minimum Gasteiger partial charge on any atom is -0.298 e. The average molecular weight is 420 g/mol. The molecule has 0 saturated carbocycles. The van der Waals surface area contributed by atoms with E-state index in [4.69, 9.17) is 11.6 Å². The van der Waals surface area contributed by atoms with Gasteiger partial charge in [-0.25, -0.2) is 4.98 Å². The number of carbonyl (C=O) groups is 1. The fourth-order valence-electron chi connectivity index (χ4n) is 3.39. The lowest BCUT2D eigenvalue weighted by atomic mass is 9.95. The van der Waals surface area contributed by atoms with Gasteiger partial charge in [-0.3, -0.25) is 9.48 Å². The van der Waals surface area contributed by atoms with E-state index in [-0.39, 0.29) is 11.1 Å². The standard InChI is InChI=1S/C18H16BrClN4O/c1-9(2)7-24-8-13-16(21-18(20)22-17(13)23-24)15-12-6-11(19)4-3-10(12)5-14(15)25/h3-4,6,8-9,15H,5,7H2,1-2H3. The van der Waals surface area contributed by atoms with Gasteiger partial charge in [0, 0.05) is 23.6 Å². The topological polar surface area (TPSA) is 60.7 Å². The van der Waals surface area contributed by atoms with Crippen LogP contribution in [-0.4, -0.2) is 25.5 Å². The summed E-state index contributed by atoms with van der Waals surface area (Å²) < 4.78 is 2.79. The molecule has 5 nitrogen and oxygen atoms in total. The summed E-state index contributed by atoms with van der Waals surface area (Å²) in [7, 11) is 0. The molecule has 7 heteroatoms. The summed E-state index contributed by atoms with van der Waals surface area (Å²) >= 11 is 9.63. The van der Waals surface area contributed by atoms with Gasteiger partial charge in [0.25, 0.3) is 0 Å². The normalized spacial score (nSPS) is 16.8. The predicted molar refractivity (Wildman–Crippen MR) is 99.9 cm³/mol. The highest BCUT2D eigenvalue weighted by Gasteiger charge is 2.35. The van der Waals surface area contributed by atoms with E-state index in [1.807, 2.05) is 29.1 Å². The largest absolute Gasteiger partial charge is 0.298 e. The maximum Gasteiger partial charge on any atom is 0.224 e. The van der Waals surface area contributed by atoms with E-state index < -0.39 is 5.92 Å². The molecule has 0 saturated heterocycles. The van der Waals surface area contributed by atoms with Crippen LogP contribution in [0.2, 0.25) is 5.28 Å². The van der Waals surface area contributed by atoms with Gasteiger partial charge in [-0.1, -0.05) is 35.8 Å². The molecule has 0 N–H and O–H groups in total. The van der Waals surface area contributed by atoms with Crippen molar-refractivity contribution in [1.82, 2.24) is 19.7 Å². The third-order valence-electron chi connectivity index (χ3n) is 4.36. The Morgan fingerprint density at radius 1 is 1.36 bits per heavy atom. The molecule has 0 amide bonds. The van der Waals surface area contributed by atoms with Crippen LogP contribution in [0.5, 0.6) is 0 Å². The lowest BCUT2D eigenvalue weighted by molar-refractivity contribution is -0.118. The molecule has 4 rings (SSSR count). The number of benzene rings is 1. The number of hydrogen-bond acceptors (Lipinski definition) is 4. The zero-order chi connectivity index (χ0) is 17.7. The fraction of sp³-hybridized carbons (Fsp3) is 0.333. The van der Waals surface area contributed by atoms with Gasteiger partial charge in [-0.15, -0.1) is 0 Å². The van der Waals surface area contributed by atoms with Crippen LogP contribution in [0.25, 0.3) is 11.0 Å². The average Bonchev–Trinajstić information content (AvgIpc) is 3.05. The lowest BCUT2D eigenvalue weighted by Crippen LogP contribution is -2.11. The second-order valence-electron chi connectivity index (χ2n) is 6.78. The number of halogens is 2. The van der Waals surface area contributed by atoms with Gasteiger partial charge in [0.15, 0.2) is 11.4 Å². The zero-order valence-electron chi connectivity index (χ0n) is 13.8. The molecule has 1 atom stereocenters.